The van der Waals surface area contributed by atoms with Crippen molar-refractivity contribution >= 4 is 21.6 Å². The third-order valence-corrected chi connectivity index (χ3v) is 4.17. The topological polar surface area (TPSA) is 15.3 Å². The molecule has 4 heteroatoms. The summed E-state index contributed by atoms with van der Waals surface area (Å²) < 4.78 is 14.2. The quantitative estimate of drug-likeness (QED) is 0.898. The van der Waals surface area contributed by atoms with Crippen LogP contribution in [0.1, 0.15) is 27.2 Å². The lowest BCUT2D eigenvalue weighted by atomic mass is 9.97. The minimum atomic E-state index is -0.196. The average Bonchev–Trinajstić information content (AvgIpc) is 2.32. The second-order valence-corrected chi connectivity index (χ2v) is 6.41. The molecule has 1 unspecified atom stereocenters. The Morgan fingerprint density at radius 2 is 2.22 bits per heavy atom. The van der Waals surface area contributed by atoms with E-state index in [1.54, 1.807) is 12.1 Å². The first-order chi connectivity index (χ1) is 8.43. The molecule has 0 saturated carbocycles. The summed E-state index contributed by atoms with van der Waals surface area (Å²) in [6, 6.07) is 5.82. The molecule has 1 aromatic rings. The normalized spacial score (nSPS) is 23.2. The number of benzene rings is 1. The summed E-state index contributed by atoms with van der Waals surface area (Å²) in [7, 11) is 0. The molecule has 0 spiro atoms. The van der Waals surface area contributed by atoms with Gasteiger partial charge in [-0.05, 0) is 54.4 Å². The highest BCUT2D eigenvalue weighted by Crippen LogP contribution is 2.28. The van der Waals surface area contributed by atoms with Crippen LogP contribution in [0.25, 0.3) is 0 Å². The van der Waals surface area contributed by atoms with Gasteiger partial charge >= 0.3 is 0 Å². The van der Waals surface area contributed by atoms with Crippen LogP contribution in [0.3, 0.4) is 0 Å². The molecule has 2 nitrogen and oxygen atoms in total. The Morgan fingerprint density at radius 1 is 1.50 bits per heavy atom. The van der Waals surface area contributed by atoms with Gasteiger partial charge in [-0.15, -0.1) is 0 Å². The summed E-state index contributed by atoms with van der Waals surface area (Å²) in [5, 5.41) is 3.54. The van der Waals surface area contributed by atoms with Crippen molar-refractivity contribution in [1.29, 1.82) is 0 Å². The van der Waals surface area contributed by atoms with Crippen LogP contribution in [-0.4, -0.2) is 24.7 Å². The van der Waals surface area contributed by atoms with E-state index in [4.69, 9.17) is 0 Å². The van der Waals surface area contributed by atoms with Gasteiger partial charge in [0.2, 0.25) is 0 Å². The smallest absolute Gasteiger partial charge is 0.139 e. The molecular weight excluding hydrogens is 295 g/mol. The summed E-state index contributed by atoms with van der Waals surface area (Å²) in [6.45, 7) is 8.38. The monoisotopic (exact) mass is 314 g/mol. The Morgan fingerprint density at radius 3 is 2.83 bits per heavy atom. The van der Waals surface area contributed by atoms with Crippen molar-refractivity contribution in [3.8, 4) is 0 Å². The van der Waals surface area contributed by atoms with Crippen molar-refractivity contribution in [2.24, 2.45) is 0 Å². The van der Waals surface area contributed by atoms with E-state index >= 15 is 0 Å². The van der Waals surface area contributed by atoms with Gasteiger partial charge in [-0.3, -0.25) is 0 Å². The van der Waals surface area contributed by atoms with Crippen LogP contribution in [0, 0.1) is 5.82 Å². The lowest BCUT2D eigenvalue weighted by molar-refractivity contribution is 0.306. The minimum absolute atomic E-state index is 0.0647. The van der Waals surface area contributed by atoms with Crippen LogP contribution in [-0.2, 0) is 0 Å². The molecule has 18 heavy (non-hydrogen) atoms. The van der Waals surface area contributed by atoms with Crippen LogP contribution in [0.2, 0.25) is 0 Å². The maximum Gasteiger partial charge on any atom is 0.139 e. The van der Waals surface area contributed by atoms with Crippen LogP contribution >= 0.6 is 15.9 Å². The van der Waals surface area contributed by atoms with Crippen molar-refractivity contribution in [1.82, 2.24) is 5.32 Å². The van der Waals surface area contributed by atoms with E-state index in [0.29, 0.717) is 10.5 Å². The number of nitrogens with zero attached hydrogens (tertiary/aromatic N) is 1. The van der Waals surface area contributed by atoms with E-state index in [2.05, 4.69) is 46.9 Å². The Balaban J connectivity index is 2.29. The van der Waals surface area contributed by atoms with Crippen molar-refractivity contribution in [2.75, 3.05) is 18.0 Å². The van der Waals surface area contributed by atoms with Crippen LogP contribution in [0.4, 0.5) is 10.1 Å². The Hall–Kier alpha value is -0.610. The zero-order chi connectivity index (χ0) is 13.3. The molecule has 1 aromatic carbocycles. The number of piperazine rings is 1. The predicted molar refractivity (Wildman–Crippen MR) is 77.6 cm³/mol. The van der Waals surface area contributed by atoms with Gasteiger partial charge in [-0.2, -0.15) is 0 Å². The second-order valence-electron chi connectivity index (χ2n) is 5.55. The lowest BCUT2D eigenvalue weighted by Crippen LogP contribution is -2.61. The minimum Gasteiger partial charge on any atom is -0.365 e. The van der Waals surface area contributed by atoms with Crippen LogP contribution in [0.5, 0.6) is 0 Å². The lowest BCUT2D eigenvalue weighted by Gasteiger charge is -2.45. The van der Waals surface area contributed by atoms with E-state index < -0.39 is 0 Å². The summed E-state index contributed by atoms with van der Waals surface area (Å²) in [4.78, 5) is 2.31. The molecule has 1 aliphatic rings. The largest absolute Gasteiger partial charge is 0.365 e. The molecule has 0 bridgehead atoms. The number of anilines is 1. The van der Waals surface area contributed by atoms with Crippen molar-refractivity contribution in [3.05, 3.63) is 28.5 Å². The van der Waals surface area contributed by atoms with Gasteiger partial charge < -0.3 is 10.2 Å². The van der Waals surface area contributed by atoms with Gasteiger partial charge in [0, 0.05) is 30.4 Å². The fourth-order valence-electron chi connectivity index (χ4n) is 2.45. The fourth-order valence-corrected chi connectivity index (χ4v) is 2.69. The van der Waals surface area contributed by atoms with E-state index in [1.165, 1.54) is 0 Å². The summed E-state index contributed by atoms with van der Waals surface area (Å²) in [5.74, 6) is -0.196. The van der Waals surface area contributed by atoms with E-state index in [9.17, 15) is 4.39 Å². The second kappa shape index (κ2) is 5.17. The molecular formula is C14H20BrFN2. The third-order valence-electron chi connectivity index (χ3n) is 3.53. The highest BCUT2D eigenvalue weighted by molar-refractivity contribution is 9.10. The molecule has 100 valence electrons. The third kappa shape index (κ3) is 2.86. The highest BCUT2D eigenvalue weighted by Gasteiger charge is 2.31. The zero-order valence-corrected chi connectivity index (χ0v) is 12.7. The van der Waals surface area contributed by atoms with Crippen molar-refractivity contribution < 1.29 is 4.39 Å². The number of rotatable bonds is 2. The maximum absolute atomic E-state index is 13.7. The molecule has 0 radical (unpaired) electrons. The van der Waals surface area contributed by atoms with Crippen LogP contribution < -0.4 is 10.2 Å². The Labute approximate surface area is 117 Å². The Kier molecular flexibility index (Phi) is 3.97. The van der Waals surface area contributed by atoms with Crippen LogP contribution in [0.15, 0.2) is 22.7 Å². The molecule has 0 amide bonds. The summed E-state index contributed by atoms with van der Waals surface area (Å²) in [5.41, 5.74) is 1.03. The molecule has 0 aliphatic carbocycles. The predicted octanol–water partition coefficient (Wildman–Crippen LogP) is 3.56. The van der Waals surface area contributed by atoms with Gasteiger partial charge in [-0.25, -0.2) is 4.39 Å². The highest BCUT2D eigenvalue weighted by atomic mass is 79.9. The maximum atomic E-state index is 13.7. The number of hydrogen-bond donors (Lipinski definition) is 1. The standard InChI is InChI=1S/C14H20BrFN2/c1-4-10-8-17-14(2,3)9-18(10)11-5-6-12(15)13(16)7-11/h5-7,10,17H,4,8-9H2,1-3H3. The Bertz CT molecular complexity index is 434. The van der Waals surface area contributed by atoms with E-state index in [0.717, 1.165) is 25.2 Å². The fraction of sp³-hybridized carbons (Fsp3) is 0.571. The molecule has 1 heterocycles. The molecule has 0 aromatic heterocycles. The van der Waals surface area contributed by atoms with Gasteiger partial charge in [0.05, 0.1) is 4.47 Å². The first-order valence-electron chi connectivity index (χ1n) is 6.39. The molecule has 1 fully saturated rings. The first kappa shape index (κ1) is 13.8. The SMILES string of the molecule is CCC1CNC(C)(C)CN1c1ccc(Br)c(F)c1. The van der Waals surface area contributed by atoms with Gasteiger partial charge in [-0.1, -0.05) is 6.92 Å². The summed E-state index contributed by atoms with van der Waals surface area (Å²) >= 11 is 3.20. The first-order valence-corrected chi connectivity index (χ1v) is 7.19. The van der Waals surface area contributed by atoms with E-state index in [1.807, 2.05) is 6.07 Å². The number of nitrogens with one attached hydrogen (secondary N) is 1. The van der Waals surface area contributed by atoms with Crippen molar-refractivity contribution in [3.63, 3.8) is 0 Å². The number of halogens is 2. The summed E-state index contributed by atoms with van der Waals surface area (Å²) in [6.07, 6.45) is 1.06. The molecule has 2 rings (SSSR count). The van der Waals surface area contributed by atoms with Gasteiger partial charge in [0.1, 0.15) is 5.82 Å². The molecule has 1 aliphatic heterocycles. The van der Waals surface area contributed by atoms with Gasteiger partial charge in [0.15, 0.2) is 0 Å². The zero-order valence-electron chi connectivity index (χ0n) is 11.1. The molecule has 1 saturated heterocycles. The molecule has 1 atom stereocenters. The molecule has 1 N–H and O–H groups in total. The number of hydrogen-bond acceptors (Lipinski definition) is 2. The van der Waals surface area contributed by atoms with Crippen molar-refractivity contribution in [2.45, 2.75) is 38.8 Å². The van der Waals surface area contributed by atoms with E-state index in [-0.39, 0.29) is 11.4 Å². The van der Waals surface area contributed by atoms with Gasteiger partial charge in [0.25, 0.3) is 0 Å². The average molecular weight is 315 g/mol.